The third kappa shape index (κ3) is 5.29. The molecule has 1 fully saturated rings. The van der Waals surface area contributed by atoms with Crippen LogP contribution in [0, 0.1) is 11.8 Å². The van der Waals surface area contributed by atoms with Crippen LogP contribution in [0.5, 0.6) is 0 Å². The summed E-state index contributed by atoms with van der Waals surface area (Å²) in [5, 5.41) is 3.67. The Labute approximate surface area is 123 Å². The van der Waals surface area contributed by atoms with Gasteiger partial charge in [-0.1, -0.05) is 13.8 Å². The quantitative estimate of drug-likeness (QED) is 0.731. The molecule has 1 N–H and O–H groups in total. The fourth-order valence-corrected chi connectivity index (χ4v) is 3.04. The fourth-order valence-electron chi connectivity index (χ4n) is 3.04. The lowest BCUT2D eigenvalue weighted by Crippen LogP contribution is -2.35. The Morgan fingerprint density at radius 2 is 2.10 bits per heavy atom. The van der Waals surface area contributed by atoms with Gasteiger partial charge in [0.05, 0.1) is 6.26 Å². The van der Waals surface area contributed by atoms with Crippen LogP contribution in [0.3, 0.4) is 0 Å². The molecule has 0 aromatic carbocycles. The van der Waals surface area contributed by atoms with E-state index in [2.05, 4.69) is 19.2 Å². The van der Waals surface area contributed by atoms with E-state index in [0.717, 1.165) is 43.2 Å². The highest BCUT2D eigenvalue weighted by Gasteiger charge is 2.22. The second kappa shape index (κ2) is 8.48. The van der Waals surface area contributed by atoms with Crippen LogP contribution in [0.2, 0.25) is 0 Å². The molecule has 3 nitrogen and oxygen atoms in total. The topological polar surface area (TPSA) is 34.4 Å². The third-order valence-electron chi connectivity index (χ3n) is 4.44. The molecular formula is C17H29NO2. The van der Waals surface area contributed by atoms with Crippen molar-refractivity contribution >= 4 is 0 Å². The van der Waals surface area contributed by atoms with Crippen molar-refractivity contribution in [3.63, 3.8) is 0 Å². The number of hydrogen-bond acceptors (Lipinski definition) is 3. The molecule has 0 spiro atoms. The number of nitrogens with one attached hydrogen (secondary N) is 1. The van der Waals surface area contributed by atoms with Crippen LogP contribution in [-0.2, 0) is 11.3 Å². The second-order valence-corrected chi connectivity index (χ2v) is 6.30. The van der Waals surface area contributed by atoms with E-state index >= 15 is 0 Å². The van der Waals surface area contributed by atoms with Crippen molar-refractivity contribution in [2.24, 2.45) is 11.8 Å². The Balaban J connectivity index is 1.46. The van der Waals surface area contributed by atoms with Gasteiger partial charge in [-0.05, 0) is 62.6 Å². The normalized spacial score (nSPS) is 23.4. The largest absolute Gasteiger partial charge is 0.467 e. The summed E-state index contributed by atoms with van der Waals surface area (Å²) < 4.78 is 10.8. The highest BCUT2D eigenvalue weighted by atomic mass is 16.5. The Hall–Kier alpha value is -0.800. The molecular weight excluding hydrogens is 250 g/mol. The lowest BCUT2D eigenvalue weighted by molar-refractivity contribution is 0.103. The lowest BCUT2D eigenvalue weighted by atomic mass is 9.80. The van der Waals surface area contributed by atoms with Gasteiger partial charge in [-0.15, -0.1) is 0 Å². The molecule has 20 heavy (non-hydrogen) atoms. The van der Waals surface area contributed by atoms with Crippen molar-refractivity contribution in [1.82, 2.24) is 5.32 Å². The van der Waals surface area contributed by atoms with E-state index in [9.17, 15) is 0 Å². The predicted octanol–water partition coefficient (Wildman–Crippen LogP) is 3.99. The van der Waals surface area contributed by atoms with Crippen LogP contribution in [0.4, 0.5) is 0 Å². The van der Waals surface area contributed by atoms with Crippen molar-refractivity contribution in [1.29, 1.82) is 0 Å². The van der Waals surface area contributed by atoms with Gasteiger partial charge in [0.2, 0.25) is 0 Å². The summed E-state index contributed by atoms with van der Waals surface area (Å²) >= 11 is 0. The SMILES string of the molecule is CC(C)C1CCC(NCCCOCc2ccco2)CC1. The molecule has 0 atom stereocenters. The van der Waals surface area contributed by atoms with Gasteiger partial charge in [0.25, 0.3) is 0 Å². The zero-order valence-electron chi connectivity index (χ0n) is 12.9. The summed E-state index contributed by atoms with van der Waals surface area (Å²) in [6.45, 7) is 7.17. The predicted molar refractivity (Wildman–Crippen MR) is 81.6 cm³/mol. The van der Waals surface area contributed by atoms with Crippen LogP contribution < -0.4 is 5.32 Å². The molecule has 1 saturated carbocycles. The van der Waals surface area contributed by atoms with Crippen LogP contribution in [0.15, 0.2) is 22.8 Å². The monoisotopic (exact) mass is 279 g/mol. The Morgan fingerprint density at radius 3 is 2.75 bits per heavy atom. The Morgan fingerprint density at radius 1 is 1.30 bits per heavy atom. The van der Waals surface area contributed by atoms with E-state index in [0.29, 0.717) is 6.61 Å². The van der Waals surface area contributed by atoms with Crippen molar-refractivity contribution < 1.29 is 9.15 Å². The molecule has 0 aliphatic heterocycles. The van der Waals surface area contributed by atoms with Gasteiger partial charge in [-0.2, -0.15) is 0 Å². The van der Waals surface area contributed by atoms with Crippen LogP contribution in [0.1, 0.15) is 51.7 Å². The summed E-state index contributed by atoms with van der Waals surface area (Å²) in [5.74, 6) is 2.71. The van der Waals surface area contributed by atoms with Crippen molar-refractivity contribution in [3.05, 3.63) is 24.2 Å². The average molecular weight is 279 g/mol. The summed E-state index contributed by atoms with van der Waals surface area (Å²) in [6.07, 6.45) is 8.24. The van der Waals surface area contributed by atoms with E-state index in [1.54, 1.807) is 6.26 Å². The molecule has 1 aromatic rings. The molecule has 114 valence electrons. The molecule has 1 aliphatic carbocycles. The van der Waals surface area contributed by atoms with Gasteiger partial charge in [-0.25, -0.2) is 0 Å². The zero-order chi connectivity index (χ0) is 14.2. The van der Waals surface area contributed by atoms with Crippen molar-refractivity contribution in [2.75, 3.05) is 13.2 Å². The van der Waals surface area contributed by atoms with Crippen LogP contribution in [-0.4, -0.2) is 19.2 Å². The highest BCUT2D eigenvalue weighted by Crippen LogP contribution is 2.29. The molecule has 0 saturated heterocycles. The fraction of sp³-hybridized carbons (Fsp3) is 0.765. The first-order chi connectivity index (χ1) is 9.75. The van der Waals surface area contributed by atoms with Gasteiger partial charge in [0, 0.05) is 12.6 Å². The molecule has 1 aromatic heterocycles. The van der Waals surface area contributed by atoms with Crippen LogP contribution >= 0.6 is 0 Å². The Bertz CT molecular complexity index is 340. The lowest BCUT2D eigenvalue weighted by Gasteiger charge is -2.31. The highest BCUT2D eigenvalue weighted by molar-refractivity contribution is 4.95. The maximum atomic E-state index is 5.58. The molecule has 2 rings (SSSR count). The first-order valence-electron chi connectivity index (χ1n) is 8.09. The summed E-state index contributed by atoms with van der Waals surface area (Å²) in [6, 6.07) is 4.58. The van der Waals surface area contributed by atoms with Crippen molar-refractivity contribution in [3.8, 4) is 0 Å². The van der Waals surface area contributed by atoms with E-state index in [1.807, 2.05) is 12.1 Å². The molecule has 3 heteroatoms. The molecule has 1 heterocycles. The smallest absolute Gasteiger partial charge is 0.129 e. The minimum Gasteiger partial charge on any atom is -0.467 e. The standard InChI is InChI=1S/C17H29NO2/c1-14(2)15-6-8-16(9-7-15)18-10-4-11-19-13-17-5-3-12-20-17/h3,5,12,14-16,18H,4,6-11,13H2,1-2H3. The second-order valence-electron chi connectivity index (χ2n) is 6.30. The zero-order valence-corrected chi connectivity index (χ0v) is 12.9. The number of hydrogen-bond donors (Lipinski definition) is 1. The maximum Gasteiger partial charge on any atom is 0.129 e. The number of rotatable bonds is 8. The number of furan rings is 1. The minimum atomic E-state index is 0.590. The Kier molecular flexibility index (Phi) is 6.61. The maximum absolute atomic E-state index is 5.58. The van der Waals surface area contributed by atoms with Crippen LogP contribution in [0.25, 0.3) is 0 Å². The minimum absolute atomic E-state index is 0.590. The van der Waals surface area contributed by atoms with Gasteiger partial charge < -0.3 is 14.5 Å². The summed E-state index contributed by atoms with van der Waals surface area (Å²) in [4.78, 5) is 0. The molecule has 0 radical (unpaired) electrons. The van der Waals surface area contributed by atoms with Gasteiger partial charge >= 0.3 is 0 Å². The summed E-state index contributed by atoms with van der Waals surface area (Å²) in [7, 11) is 0. The van der Waals surface area contributed by atoms with Gasteiger partial charge in [-0.3, -0.25) is 0 Å². The average Bonchev–Trinajstić information content (AvgIpc) is 2.96. The molecule has 0 amide bonds. The molecule has 1 aliphatic rings. The molecule has 0 unspecified atom stereocenters. The first-order valence-corrected chi connectivity index (χ1v) is 8.09. The summed E-state index contributed by atoms with van der Waals surface area (Å²) in [5.41, 5.74) is 0. The third-order valence-corrected chi connectivity index (χ3v) is 4.44. The van der Waals surface area contributed by atoms with E-state index < -0.39 is 0 Å². The van der Waals surface area contributed by atoms with Gasteiger partial charge in [0.1, 0.15) is 12.4 Å². The number of ether oxygens (including phenoxy) is 1. The van der Waals surface area contributed by atoms with Crippen molar-refractivity contribution in [2.45, 2.75) is 58.6 Å². The molecule has 0 bridgehead atoms. The van der Waals surface area contributed by atoms with Gasteiger partial charge in [0.15, 0.2) is 0 Å². The van der Waals surface area contributed by atoms with E-state index in [4.69, 9.17) is 9.15 Å². The van der Waals surface area contributed by atoms with E-state index in [-0.39, 0.29) is 0 Å². The first kappa shape index (κ1) is 15.6. The van der Waals surface area contributed by atoms with E-state index in [1.165, 1.54) is 25.7 Å².